The predicted molar refractivity (Wildman–Crippen MR) is 183 cm³/mol. The predicted octanol–water partition coefficient (Wildman–Crippen LogP) is 7.46. The lowest BCUT2D eigenvalue weighted by Gasteiger charge is -2.24. The smallest absolute Gasteiger partial charge is 0.305 e. The minimum absolute atomic E-state index is 0.0828. The van der Waals surface area contributed by atoms with Crippen molar-refractivity contribution in [1.82, 2.24) is 9.80 Å². The number of carbonyl (C=O) groups excluding carboxylic acids is 1. The van der Waals surface area contributed by atoms with Crippen LogP contribution in [0.25, 0.3) is 0 Å². The van der Waals surface area contributed by atoms with Crippen LogP contribution in [0.5, 0.6) is 11.5 Å². The maximum absolute atomic E-state index is 13.7. The maximum Gasteiger partial charge on any atom is 0.305 e. The summed E-state index contributed by atoms with van der Waals surface area (Å²) < 4.78 is 12.0. The lowest BCUT2D eigenvalue weighted by Crippen LogP contribution is -2.32. The van der Waals surface area contributed by atoms with Gasteiger partial charge in [-0.05, 0) is 52.6 Å². The summed E-state index contributed by atoms with van der Waals surface area (Å²) >= 11 is 0. The molecule has 5 aromatic carbocycles. The third-order valence-electron chi connectivity index (χ3n) is 7.68. The van der Waals surface area contributed by atoms with Crippen molar-refractivity contribution in [2.24, 2.45) is 0 Å². The minimum atomic E-state index is -0.958. The van der Waals surface area contributed by atoms with Crippen LogP contribution in [0.2, 0.25) is 0 Å². The summed E-state index contributed by atoms with van der Waals surface area (Å²) in [5, 5.41) is 9.36. The summed E-state index contributed by atoms with van der Waals surface area (Å²) in [7, 11) is 0. The lowest BCUT2D eigenvalue weighted by molar-refractivity contribution is -0.137. The van der Waals surface area contributed by atoms with Gasteiger partial charge in [0.05, 0.1) is 6.42 Å². The van der Waals surface area contributed by atoms with Gasteiger partial charge < -0.3 is 19.5 Å². The fourth-order valence-electron chi connectivity index (χ4n) is 5.23. The highest BCUT2D eigenvalue weighted by molar-refractivity contribution is 5.94. The van der Waals surface area contributed by atoms with E-state index in [0.717, 1.165) is 30.0 Å². The van der Waals surface area contributed by atoms with Gasteiger partial charge in [-0.25, -0.2) is 0 Å². The zero-order valence-electron chi connectivity index (χ0n) is 26.4. The first-order chi connectivity index (χ1) is 23.0. The van der Waals surface area contributed by atoms with Crippen LogP contribution in [-0.4, -0.2) is 46.5 Å². The van der Waals surface area contributed by atoms with E-state index in [1.807, 2.05) is 97.1 Å². The van der Waals surface area contributed by atoms with E-state index in [1.165, 1.54) is 11.1 Å². The molecule has 0 saturated carbocycles. The van der Waals surface area contributed by atoms with Crippen molar-refractivity contribution in [3.8, 4) is 11.5 Å². The summed E-state index contributed by atoms with van der Waals surface area (Å²) in [6, 6.07) is 45.3. The molecule has 0 radical (unpaired) electrons. The van der Waals surface area contributed by atoms with Gasteiger partial charge in [-0.3, -0.25) is 14.5 Å². The molecular weight excluding hydrogens is 588 g/mol. The highest BCUT2D eigenvalue weighted by Gasteiger charge is 2.18. The van der Waals surface area contributed by atoms with E-state index in [1.54, 1.807) is 23.1 Å². The van der Waals surface area contributed by atoms with E-state index < -0.39 is 5.97 Å². The van der Waals surface area contributed by atoms with Gasteiger partial charge in [0.25, 0.3) is 5.91 Å². The third kappa shape index (κ3) is 10.9. The first-order valence-corrected chi connectivity index (χ1v) is 15.8. The summed E-state index contributed by atoms with van der Waals surface area (Å²) in [6.45, 7) is 3.52. The van der Waals surface area contributed by atoms with Gasteiger partial charge in [-0.2, -0.15) is 0 Å². The Labute approximate surface area is 276 Å². The van der Waals surface area contributed by atoms with Gasteiger partial charge in [0.2, 0.25) is 0 Å². The number of nitrogens with zero attached hydrogens (tertiary/aromatic N) is 2. The van der Waals surface area contributed by atoms with Crippen LogP contribution in [0.1, 0.15) is 39.0 Å². The number of rotatable bonds is 17. The second kappa shape index (κ2) is 17.3. The van der Waals surface area contributed by atoms with E-state index >= 15 is 0 Å². The topological polar surface area (TPSA) is 79.3 Å². The minimum Gasteiger partial charge on any atom is -0.492 e. The standard InChI is InChI=1S/C40H40N2O5/c43-39(44)23-24-42(30-34-19-21-37(22-20-34)47-31-35-15-8-3-9-16-35)40(45)36-17-10-18-38(27-36)46-26-25-41(28-32-11-4-1-5-12-32)29-33-13-6-2-7-14-33/h1-22,27H,23-26,28-31H2,(H,43,44). The molecule has 0 bridgehead atoms. The molecule has 47 heavy (non-hydrogen) atoms. The molecule has 0 unspecified atom stereocenters. The quantitative estimate of drug-likeness (QED) is 0.115. The Kier molecular flexibility index (Phi) is 12.2. The van der Waals surface area contributed by atoms with Crippen molar-refractivity contribution < 1.29 is 24.2 Å². The summed E-state index contributed by atoms with van der Waals surface area (Å²) in [6.07, 6.45) is -0.154. The Morgan fingerprint density at radius 2 is 1.13 bits per heavy atom. The van der Waals surface area contributed by atoms with Gasteiger partial charge in [-0.15, -0.1) is 0 Å². The molecule has 1 amide bonds. The largest absolute Gasteiger partial charge is 0.492 e. The van der Waals surface area contributed by atoms with Gasteiger partial charge >= 0.3 is 5.97 Å². The van der Waals surface area contributed by atoms with Crippen molar-refractivity contribution in [2.75, 3.05) is 19.7 Å². The van der Waals surface area contributed by atoms with Crippen molar-refractivity contribution in [3.05, 3.63) is 167 Å². The van der Waals surface area contributed by atoms with Gasteiger partial charge in [0, 0.05) is 38.3 Å². The van der Waals surface area contributed by atoms with Crippen molar-refractivity contribution in [3.63, 3.8) is 0 Å². The highest BCUT2D eigenvalue weighted by atomic mass is 16.5. The number of aliphatic carboxylic acids is 1. The number of benzene rings is 5. The first kappa shape index (κ1) is 33.0. The van der Waals surface area contributed by atoms with Crippen LogP contribution in [0.4, 0.5) is 0 Å². The zero-order chi connectivity index (χ0) is 32.7. The molecule has 0 aromatic heterocycles. The number of hydrogen-bond acceptors (Lipinski definition) is 5. The Morgan fingerprint density at radius 3 is 1.72 bits per heavy atom. The second-order valence-electron chi connectivity index (χ2n) is 11.3. The molecule has 7 heteroatoms. The molecule has 0 aliphatic rings. The fraction of sp³-hybridized carbons (Fsp3) is 0.200. The average molecular weight is 629 g/mol. The SMILES string of the molecule is O=C(O)CCN(Cc1ccc(OCc2ccccc2)cc1)C(=O)c1cccc(OCCN(Cc2ccccc2)Cc2ccccc2)c1. The van der Waals surface area contributed by atoms with Crippen LogP contribution >= 0.6 is 0 Å². The molecule has 0 heterocycles. The van der Waals surface area contributed by atoms with Crippen molar-refractivity contribution in [2.45, 2.75) is 32.7 Å². The average Bonchev–Trinajstić information content (AvgIpc) is 3.11. The molecule has 240 valence electrons. The molecule has 0 aliphatic heterocycles. The molecule has 5 rings (SSSR count). The number of carboxylic acids is 1. The fourth-order valence-corrected chi connectivity index (χ4v) is 5.23. The van der Waals surface area contributed by atoms with Crippen LogP contribution in [0.15, 0.2) is 140 Å². The number of ether oxygens (including phenoxy) is 2. The zero-order valence-corrected chi connectivity index (χ0v) is 26.4. The van der Waals surface area contributed by atoms with Crippen molar-refractivity contribution >= 4 is 11.9 Å². The van der Waals surface area contributed by atoms with Gasteiger partial charge in [0.1, 0.15) is 24.7 Å². The maximum atomic E-state index is 13.7. The van der Waals surface area contributed by atoms with Crippen molar-refractivity contribution in [1.29, 1.82) is 0 Å². The summed E-state index contributed by atoms with van der Waals surface area (Å²) in [5.74, 6) is 0.0984. The van der Waals surface area contributed by atoms with Crippen LogP contribution in [-0.2, 0) is 31.0 Å². The molecule has 0 saturated heterocycles. The molecule has 1 N–H and O–H groups in total. The molecule has 0 atom stereocenters. The lowest BCUT2D eigenvalue weighted by atomic mass is 10.1. The number of carbonyl (C=O) groups is 2. The van der Waals surface area contributed by atoms with Crippen LogP contribution in [0, 0.1) is 0 Å². The molecule has 0 fully saturated rings. The van der Waals surface area contributed by atoms with E-state index in [-0.39, 0.29) is 25.4 Å². The van der Waals surface area contributed by atoms with E-state index in [9.17, 15) is 14.7 Å². The molecule has 0 aliphatic carbocycles. The number of hydrogen-bond donors (Lipinski definition) is 1. The van der Waals surface area contributed by atoms with E-state index in [2.05, 4.69) is 29.2 Å². The second-order valence-corrected chi connectivity index (χ2v) is 11.3. The molecular formula is C40H40N2O5. The Morgan fingerprint density at radius 1 is 0.553 bits per heavy atom. The Balaban J connectivity index is 1.20. The Hall–Kier alpha value is -5.40. The summed E-state index contributed by atoms with van der Waals surface area (Å²) in [4.78, 5) is 29.0. The normalized spacial score (nSPS) is 10.8. The van der Waals surface area contributed by atoms with Gasteiger partial charge in [0.15, 0.2) is 0 Å². The Bertz CT molecular complexity index is 1640. The third-order valence-corrected chi connectivity index (χ3v) is 7.68. The molecule has 0 spiro atoms. The van der Waals surface area contributed by atoms with E-state index in [0.29, 0.717) is 31.1 Å². The summed E-state index contributed by atoms with van der Waals surface area (Å²) in [5.41, 5.74) is 4.85. The van der Waals surface area contributed by atoms with E-state index in [4.69, 9.17) is 9.47 Å². The number of carboxylic acid groups (broad SMARTS) is 1. The monoisotopic (exact) mass is 628 g/mol. The van der Waals surface area contributed by atoms with Gasteiger partial charge in [-0.1, -0.05) is 109 Å². The molecule has 5 aromatic rings. The number of amides is 1. The highest BCUT2D eigenvalue weighted by Crippen LogP contribution is 2.20. The first-order valence-electron chi connectivity index (χ1n) is 15.8. The van der Waals surface area contributed by atoms with Crippen LogP contribution in [0.3, 0.4) is 0 Å². The van der Waals surface area contributed by atoms with Crippen LogP contribution < -0.4 is 9.47 Å². The molecule has 7 nitrogen and oxygen atoms in total.